The molecule has 1 aliphatic heterocycles. The first-order chi connectivity index (χ1) is 11.0. The Labute approximate surface area is 136 Å². The van der Waals surface area contributed by atoms with E-state index >= 15 is 0 Å². The van der Waals surface area contributed by atoms with E-state index < -0.39 is 16.9 Å². The average molecular weight is 330 g/mol. The molecule has 0 unspecified atom stereocenters. The molecule has 1 atom stereocenters. The number of aromatic nitrogens is 1. The number of hydrogen-bond donors (Lipinski definition) is 1. The van der Waals surface area contributed by atoms with E-state index in [1.165, 1.54) is 14.0 Å². The molecule has 23 heavy (non-hydrogen) atoms. The van der Waals surface area contributed by atoms with Crippen molar-refractivity contribution < 1.29 is 14.6 Å². The molecular formula is C16H14N2O4S. The summed E-state index contributed by atoms with van der Waals surface area (Å²) in [6.07, 6.45) is 3.37. The minimum absolute atomic E-state index is 0.247. The van der Waals surface area contributed by atoms with Gasteiger partial charge in [-0.15, -0.1) is 0 Å². The molecule has 0 aliphatic carbocycles. The van der Waals surface area contributed by atoms with Crippen molar-refractivity contribution in [2.24, 2.45) is 4.99 Å². The molecule has 1 aliphatic rings. The summed E-state index contributed by atoms with van der Waals surface area (Å²) in [7, 11) is 1.24. The van der Waals surface area contributed by atoms with Gasteiger partial charge in [-0.1, -0.05) is 29.5 Å². The summed E-state index contributed by atoms with van der Waals surface area (Å²) in [5, 5.41) is 10.3. The fourth-order valence-electron chi connectivity index (χ4n) is 2.40. The number of fused-ring (bicyclic) bond motifs is 1. The van der Waals surface area contributed by atoms with E-state index in [9.17, 15) is 14.7 Å². The normalized spacial score (nSPS) is 15.7. The zero-order valence-corrected chi connectivity index (χ0v) is 13.3. The van der Waals surface area contributed by atoms with Crippen LogP contribution in [-0.4, -0.2) is 29.0 Å². The van der Waals surface area contributed by atoms with Crippen LogP contribution in [0.4, 0.5) is 5.69 Å². The number of hydrogen-bond acceptors (Lipinski definition) is 6. The number of thiazole rings is 1. The molecule has 1 aromatic carbocycles. The first-order valence-electron chi connectivity index (χ1n) is 6.90. The molecule has 0 fully saturated rings. The summed E-state index contributed by atoms with van der Waals surface area (Å²) in [4.78, 5) is 27.9. The largest absolute Gasteiger partial charge is 0.493 e. The van der Waals surface area contributed by atoms with Crippen LogP contribution < -0.4 is 4.87 Å². The minimum Gasteiger partial charge on any atom is -0.493 e. The number of aromatic hydroxyl groups is 1. The van der Waals surface area contributed by atoms with Crippen LogP contribution >= 0.6 is 11.3 Å². The Balaban J connectivity index is 2.04. The van der Waals surface area contributed by atoms with Gasteiger partial charge in [-0.3, -0.25) is 14.4 Å². The van der Waals surface area contributed by atoms with E-state index in [4.69, 9.17) is 0 Å². The average Bonchev–Trinajstić information content (AvgIpc) is 3.08. The number of nitrogens with zero attached hydrogens (tertiary/aromatic N) is 2. The third kappa shape index (κ3) is 2.59. The van der Waals surface area contributed by atoms with Gasteiger partial charge >= 0.3 is 10.8 Å². The number of carbonyl (C=O) groups is 1. The lowest BCUT2D eigenvalue weighted by molar-refractivity contribution is -0.144. The fraction of sp³-hybridized carbons (Fsp3) is 0.188. The molecule has 1 aromatic heterocycles. The maximum atomic E-state index is 12.1. The number of ether oxygens (including phenoxy) is 1. The molecule has 0 saturated heterocycles. The van der Waals surface area contributed by atoms with Crippen molar-refractivity contribution in [2.75, 3.05) is 7.11 Å². The lowest BCUT2D eigenvalue weighted by atomic mass is 10.1. The highest BCUT2D eigenvalue weighted by atomic mass is 32.1. The van der Waals surface area contributed by atoms with Gasteiger partial charge in [0.1, 0.15) is 6.04 Å². The summed E-state index contributed by atoms with van der Waals surface area (Å²) in [6, 6.07) is 6.71. The van der Waals surface area contributed by atoms with Crippen LogP contribution in [0.3, 0.4) is 0 Å². The van der Waals surface area contributed by atoms with Crippen LogP contribution in [0.25, 0.3) is 11.6 Å². The minimum atomic E-state index is -0.888. The molecule has 7 heteroatoms. The van der Waals surface area contributed by atoms with E-state index in [1.54, 1.807) is 12.3 Å². The third-order valence-electron chi connectivity index (χ3n) is 3.62. The highest BCUT2D eigenvalue weighted by Gasteiger charge is 2.24. The zero-order chi connectivity index (χ0) is 16.6. The zero-order valence-electron chi connectivity index (χ0n) is 12.5. The first-order valence-corrected chi connectivity index (χ1v) is 7.72. The fourth-order valence-corrected chi connectivity index (χ4v) is 3.31. The molecule has 0 amide bonds. The quantitative estimate of drug-likeness (QED) is 0.877. The number of rotatable bonds is 3. The van der Waals surface area contributed by atoms with Crippen molar-refractivity contribution in [1.82, 2.24) is 4.57 Å². The highest BCUT2D eigenvalue weighted by Crippen LogP contribution is 2.34. The topological polar surface area (TPSA) is 80.9 Å². The van der Waals surface area contributed by atoms with Crippen LogP contribution in [0.15, 0.2) is 34.1 Å². The van der Waals surface area contributed by atoms with Crippen molar-refractivity contribution in [2.45, 2.75) is 13.0 Å². The molecular weight excluding hydrogens is 316 g/mol. The maximum Gasteiger partial charge on any atom is 0.328 e. The standard InChI is InChI=1S/C16H14N2O4S/c1-9(15(20)22-2)18-14(19)13(23-16(18)21)7-10-8-17-12-6-4-3-5-11(10)12/h3-9,19H,1-2H3/t9-/m1/s1. The number of carbonyl (C=O) groups excluding carboxylic acids is 1. The summed E-state index contributed by atoms with van der Waals surface area (Å²) in [5.41, 5.74) is 2.57. The van der Waals surface area contributed by atoms with Crippen molar-refractivity contribution in [3.05, 3.63) is 44.4 Å². The van der Waals surface area contributed by atoms with Gasteiger partial charge in [0.15, 0.2) is 0 Å². The second-order valence-electron chi connectivity index (χ2n) is 5.00. The number of allylic oxidation sites excluding steroid dienone is 1. The van der Waals surface area contributed by atoms with Crippen LogP contribution in [0, 0.1) is 0 Å². The van der Waals surface area contributed by atoms with E-state index in [0.29, 0.717) is 4.88 Å². The Morgan fingerprint density at radius 3 is 2.91 bits per heavy atom. The summed E-state index contributed by atoms with van der Waals surface area (Å²) < 4.78 is 5.65. The molecule has 0 saturated carbocycles. The van der Waals surface area contributed by atoms with Crippen molar-refractivity contribution in [3.63, 3.8) is 0 Å². The van der Waals surface area contributed by atoms with Crippen molar-refractivity contribution >= 4 is 40.9 Å². The predicted molar refractivity (Wildman–Crippen MR) is 89.4 cm³/mol. The van der Waals surface area contributed by atoms with Crippen LogP contribution in [0.5, 0.6) is 5.88 Å². The van der Waals surface area contributed by atoms with Crippen LogP contribution in [-0.2, 0) is 9.53 Å². The van der Waals surface area contributed by atoms with Gasteiger partial charge in [0.25, 0.3) is 0 Å². The van der Waals surface area contributed by atoms with Crippen LogP contribution in [0.1, 0.15) is 23.4 Å². The van der Waals surface area contributed by atoms with Gasteiger partial charge in [0, 0.05) is 17.4 Å². The van der Waals surface area contributed by atoms with Gasteiger partial charge in [-0.2, -0.15) is 0 Å². The molecule has 2 heterocycles. The molecule has 6 nitrogen and oxygen atoms in total. The van der Waals surface area contributed by atoms with Gasteiger partial charge in [0.05, 0.1) is 17.7 Å². The van der Waals surface area contributed by atoms with E-state index in [1.807, 2.05) is 24.3 Å². The number of para-hydroxylation sites is 1. The molecule has 118 valence electrons. The Kier molecular flexibility index (Phi) is 3.87. The van der Waals surface area contributed by atoms with Gasteiger partial charge < -0.3 is 9.84 Å². The molecule has 0 spiro atoms. The Morgan fingerprint density at radius 2 is 2.17 bits per heavy atom. The van der Waals surface area contributed by atoms with Gasteiger partial charge in [-0.05, 0) is 19.1 Å². The Morgan fingerprint density at radius 1 is 1.43 bits per heavy atom. The predicted octanol–water partition coefficient (Wildman–Crippen LogP) is 2.61. The second kappa shape index (κ2) is 5.85. The van der Waals surface area contributed by atoms with E-state index in [-0.39, 0.29) is 5.88 Å². The Bertz CT molecular complexity index is 892. The van der Waals surface area contributed by atoms with Crippen molar-refractivity contribution in [3.8, 4) is 5.88 Å². The molecule has 0 bridgehead atoms. The first kappa shape index (κ1) is 15.2. The van der Waals surface area contributed by atoms with Gasteiger partial charge in [0.2, 0.25) is 5.88 Å². The monoisotopic (exact) mass is 330 g/mol. The third-order valence-corrected chi connectivity index (χ3v) is 4.51. The van der Waals surface area contributed by atoms with Gasteiger partial charge in [-0.25, -0.2) is 4.79 Å². The summed E-state index contributed by atoms with van der Waals surface area (Å²) in [5.74, 6) is -0.838. The smallest absolute Gasteiger partial charge is 0.328 e. The molecule has 1 N–H and O–H groups in total. The molecule has 0 radical (unpaired) electrons. The SMILES string of the molecule is COC(=O)[C@@H](C)n1c(O)c(C=C2C=Nc3ccccc32)sc1=O. The molecule has 2 aromatic rings. The lowest BCUT2D eigenvalue weighted by Crippen LogP contribution is -2.24. The number of esters is 1. The number of benzene rings is 1. The van der Waals surface area contributed by atoms with E-state index in [0.717, 1.165) is 32.7 Å². The highest BCUT2D eigenvalue weighted by molar-refractivity contribution is 7.10. The summed E-state index contributed by atoms with van der Waals surface area (Å²) in [6.45, 7) is 1.50. The van der Waals surface area contributed by atoms with Crippen LogP contribution in [0.2, 0.25) is 0 Å². The maximum absolute atomic E-state index is 12.1. The Hall–Kier alpha value is -2.67. The number of aliphatic imine (C=N–C) groups is 1. The summed E-state index contributed by atoms with van der Waals surface area (Å²) >= 11 is 0.870. The van der Waals surface area contributed by atoms with Crippen molar-refractivity contribution in [1.29, 1.82) is 0 Å². The molecule has 3 rings (SSSR count). The lowest BCUT2D eigenvalue weighted by Gasteiger charge is -2.10. The number of methoxy groups -OCH3 is 1. The van der Waals surface area contributed by atoms with E-state index in [2.05, 4.69) is 9.73 Å². The second-order valence-corrected chi connectivity index (χ2v) is 5.99.